The average Bonchev–Trinajstić information content (AvgIpc) is 3.38. The molecule has 404 valence electrons. The van der Waals surface area contributed by atoms with Crippen LogP contribution in [0.5, 0.6) is 0 Å². The number of unbranched alkanes of at least 4 members (excludes halogenated alkanes) is 15. The molecular formula is C66H104O6. The predicted octanol–water partition coefficient (Wildman–Crippen LogP) is 19.6. The van der Waals surface area contributed by atoms with Crippen LogP contribution < -0.4 is 0 Å². The lowest BCUT2D eigenvalue weighted by molar-refractivity contribution is -0.167. The molecule has 72 heavy (non-hydrogen) atoms. The molecule has 6 heteroatoms. The number of carbonyl (C=O) groups is 3. The first kappa shape index (κ1) is 67.3. The molecule has 0 aliphatic rings. The number of carbonyl (C=O) groups excluding carboxylic acids is 3. The van der Waals surface area contributed by atoms with Crippen LogP contribution in [0, 0.1) is 0 Å². The van der Waals surface area contributed by atoms with E-state index in [-0.39, 0.29) is 37.5 Å². The van der Waals surface area contributed by atoms with E-state index in [1.54, 1.807) is 0 Å². The van der Waals surface area contributed by atoms with E-state index in [9.17, 15) is 14.4 Å². The van der Waals surface area contributed by atoms with Gasteiger partial charge in [-0.2, -0.15) is 0 Å². The second-order valence-corrected chi connectivity index (χ2v) is 18.4. The van der Waals surface area contributed by atoms with E-state index in [4.69, 9.17) is 14.2 Å². The fraction of sp³-hybridized carbons (Fsp3) is 0.591. The average molecular weight is 994 g/mol. The minimum absolute atomic E-state index is 0.113. The van der Waals surface area contributed by atoms with Gasteiger partial charge in [-0.05, 0) is 128 Å². The molecule has 0 aliphatic carbocycles. The predicted molar refractivity (Wildman–Crippen MR) is 311 cm³/mol. The quantitative estimate of drug-likeness (QED) is 0.0261. The number of esters is 3. The fourth-order valence-corrected chi connectivity index (χ4v) is 7.28. The molecule has 1 atom stereocenters. The standard InChI is InChI=1S/C66H104O6/c1-4-7-10-13-16-19-22-25-28-30-31-32-33-34-35-37-38-41-44-47-50-53-56-59-65(68)71-62-63(61-70-64(67)58-55-52-49-46-43-40-27-24-21-18-15-12-9-6-3)72-66(69)60-57-54-51-48-45-42-39-36-29-26-23-20-17-14-11-8-5-2/h7-8,10-11,15-20,24-29,31-32,34-35,38,41,47,50,63H,4-6,9,12-14,21-23,30,33,36-37,39-40,42-46,48-49,51-62H2,1-3H3/b10-7-,11-8-,18-15-,19-16-,20-17-,27-24-,28-25-,29-26-,32-31-,35-34-,41-38-,50-47-. The highest BCUT2D eigenvalue weighted by Gasteiger charge is 2.19. The molecule has 0 fully saturated rings. The van der Waals surface area contributed by atoms with Crippen molar-refractivity contribution in [3.05, 3.63) is 146 Å². The van der Waals surface area contributed by atoms with Crippen molar-refractivity contribution in [2.45, 2.75) is 239 Å². The number of hydrogen-bond donors (Lipinski definition) is 0. The van der Waals surface area contributed by atoms with Gasteiger partial charge in [0.15, 0.2) is 6.10 Å². The Morgan fingerprint density at radius 1 is 0.292 bits per heavy atom. The topological polar surface area (TPSA) is 78.9 Å². The van der Waals surface area contributed by atoms with Crippen molar-refractivity contribution in [2.75, 3.05) is 13.2 Å². The third-order valence-corrected chi connectivity index (χ3v) is 11.6. The molecule has 0 amide bonds. The maximum absolute atomic E-state index is 12.9. The molecule has 1 unspecified atom stereocenters. The van der Waals surface area contributed by atoms with Gasteiger partial charge >= 0.3 is 17.9 Å². The zero-order valence-electron chi connectivity index (χ0n) is 46.1. The van der Waals surface area contributed by atoms with Crippen molar-refractivity contribution in [1.82, 2.24) is 0 Å². The van der Waals surface area contributed by atoms with Gasteiger partial charge in [0.2, 0.25) is 0 Å². The zero-order valence-corrected chi connectivity index (χ0v) is 46.1. The van der Waals surface area contributed by atoms with Crippen LogP contribution in [0.1, 0.15) is 233 Å². The Bertz CT molecular complexity index is 1610. The monoisotopic (exact) mass is 993 g/mol. The first-order chi connectivity index (χ1) is 35.5. The maximum atomic E-state index is 12.9. The van der Waals surface area contributed by atoms with Crippen LogP contribution in [-0.2, 0) is 28.6 Å². The Balaban J connectivity index is 4.53. The van der Waals surface area contributed by atoms with Gasteiger partial charge < -0.3 is 14.2 Å². The van der Waals surface area contributed by atoms with Gasteiger partial charge in [0.1, 0.15) is 13.2 Å². The molecule has 0 heterocycles. The third kappa shape index (κ3) is 56.2. The number of hydrogen-bond acceptors (Lipinski definition) is 6. The lowest BCUT2D eigenvalue weighted by Gasteiger charge is -2.18. The van der Waals surface area contributed by atoms with Crippen LogP contribution in [0.25, 0.3) is 0 Å². The van der Waals surface area contributed by atoms with Crippen molar-refractivity contribution in [2.24, 2.45) is 0 Å². The van der Waals surface area contributed by atoms with Crippen LogP contribution in [0.4, 0.5) is 0 Å². The second-order valence-electron chi connectivity index (χ2n) is 18.4. The highest BCUT2D eigenvalue weighted by Crippen LogP contribution is 2.13. The Morgan fingerprint density at radius 2 is 0.556 bits per heavy atom. The summed E-state index contributed by atoms with van der Waals surface area (Å²) in [7, 11) is 0. The number of allylic oxidation sites excluding steroid dienone is 24. The number of ether oxygens (including phenoxy) is 3. The lowest BCUT2D eigenvalue weighted by atomic mass is 10.1. The van der Waals surface area contributed by atoms with Crippen molar-refractivity contribution in [3.8, 4) is 0 Å². The van der Waals surface area contributed by atoms with Gasteiger partial charge in [0.25, 0.3) is 0 Å². The van der Waals surface area contributed by atoms with Gasteiger partial charge in [0, 0.05) is 19.3 Å². The molecular weight excluding hydrogens is 889 g/mol. The molecule has 0 aromatic heterocycles. The molecule has 0 spiro atoms. The summed E-state index contributed by atoms with van der Waals surface area (Å²) in [4.78, 5) is 38.2. The van der Waals surface area contributed by atoms with E-state index < -0.39 is 6.10 Å². The van der Waals surface area contributed by atoms with Gasteiger partial charge in [0.05, 0.1) is 0 Å². The van der Waals surface area contributed by atoms with Crippen molar-refractivity contribution >= 4 is 17.9 Å². The summed E-state index contributed by atoms with van der Waals surface area (Å²) in [5.41, 5.74) is 0. The second kappa shape index (κ2) is 58.9. The molecule has 0 saturated heterocycles. The third-order valence-electron chi connectivity index (χ3n) is 11.6. The van der Waals surface area contributed by atoms with Crippen molar-refractivity contribution in [3.63, 3.8) is 0 Å². The van der Waals surface area contributed by atoms with E-state index in [1.165, 1.54) is 38.5 Å². The first-order valence-electron chi connectivity index (χ1n) is 28.8. The molecule has 0 aliphatic heterocycles. The van der Waals surface area contributed by atoms with Crippen LogP contribution in [0.15, 0.2) is 146 Å². The van der Waals surface area contributed by atoms with Gasteiger partial charge in [-0.3, -0.25) is 14.4 Å². The zero-order chi connectivity index (χ0) is 52.2. The van der Waals surface area contributed by atoms with Gasteiger partial charge in [-0.1, -0.05) is 231 Å². The van der Waals surface area contributed by atoms with Gasteiger partial charge in [-0.15, -0.1) is 0 Å². The van der Waals surface area contributed by atoms with Gasteiger partial charge in [-0.25, -0.2) is 0 Å². The summed E-state index contributed by atoms with van der Waals surface area (Å²) in [6.45, 7) is 6.29. The summed E-state index contributed by atoms with van der Waals surface area (Å²) in [5, 5.41) is 0. The highest BCUT2D eigenvalue weighted by molar-refractivity contribution is 5.71. The molecule has 0 N–H and O–H groups in total. The first-order valence-corrected chi connectivity index (χ1v) is 28.8. The summed E-state index contributed by atoms with van der Waals surface area (Å²) in [6, 6.07) is 0. The van der Waals surface area contributed by atoms with Crippen LogP contribution >= 0.6 is 0 Å². The Hall–Kier alpha value is -4.71. The highest BCUT2D eigenvalue weighted by atomic mass is 16.6. The molecule has 0 rings (SSSR count). The molecule has 0 bridgehead atoms. The maximum Gasteiger partial charge on any atom is 0.306 e. The van der Waals surface area contributed by atoms with E-state index in [0.717, 1.165) is 148 Å². The molecule has 0 aromatic carbocycles. The normalized spacial score (nSPS) is 13.2. The van der Waals surface area contributed by atoms with E-state index in [1.807, 2.05) is 0 Å². The minimum Gasteiger partial charge on any atom is -0.462 e. The Labute approximate surface area is 442 Å². The van der Waals surface area contributed by atoms with E-state index in [2.05, 4.69) is 167 Å². The molecule has 0 radical (unpaired) electrons. The van der Waals surface area contributed by atoms with Crippen LogP contribution in [-0.4, -0.2) is 37.2 Å². The van der Waals surface area contributed by atoms with Crippen LogP contribution in [0.2, 0.25) is 0 Å². The minimum atomic E-state index is -0.820. The Kier molecular flexibility index (Phi) is 55.0. The van der Waals surface area contributed by atoms with Crippen LogP contribution in [0.3, 0.4) is 0 Å². The SMILES string of the molecule is CC/C=C\C/C=C\C/C=C\C/C=C\C/C=C\C/C=C\C/C=C\CCCC(=O)OCC(COC(=O)CCCCCCC/C=C\C/C=C\CCCC)OC(=O)CCCCCCCCC/C=C\C/C=C\C/C=C\CC. The summed E-state index contributed by atoms with van der Waals surface area (Å²) in [5.74, 6) is -1.00. The Morgan fingerprint density at radius 3 is 0.903 bits per heavy atom. The summed E-state index contributed by atoms with van der Waals surface area (Å²) in [6.07, 6.45) is 84.1. The molecule has 0 aromatic rings. The lowest BCUT2D eigenvalue weighted by Crippen LogP contribution is -2.30. The van der Waals surface area contributed by atoms with Crippen molar-refractivity contribution < 1.29 is 28.6 Å². The summed E-state index contributed by atoms with van der Waals surface area (Å²) < 4.78 is 16.8. The fourth-order valence-electron chi connectivity index (χ4n) is 7.28. The largest absolute Gasteiger partial charge is 0.462 e. The van der Waals surface area contributed by atoms with E-state index in [0.29, 0.717) is 19.3 Å². The van der Waals surface area contributed by atoms with E-state index >= 15 is 0 Å². The smallest absolute Gasteiger partial charge is 0.306 e. The number of rotatable bonds is 50. The molecule has 6 nitrogen and oxygen atoms in total. The molecule has 0 saturated carbocycles. The summed E-state index contributed by atoms with van der Waals surface area (Å²) >= 11 is 0. The van der Waals surface area contributed by atoms with Crippen molar-refractivity contribution in [1.29, 1.82) is 0 Å².